The van der Waals surface area contributed by atoms with Gasteiger partial charge in [0, 0.05) is 15.5 Å². The van der Waals surface area contributed by atoms with Gasteiger partial charge in [0.25, 0.3) is 5.56 Å². The van der Waals surface area contributed by atoms with Crippen LogP contribution in [-0.4, -0.2) is 21.7 Å². The first-order valence-electron chi connectivity index (χ1n) is 9.79. The van der Waals surface area contributed by atoms with Crippen molar-refractivity contribution in [2.45, 2.75) is 20.4 Å². The van der Waals surface area contributed by atoms with Crippen LogP contribution in [0.1, 0.15) is 20.8 Å². The fourth-order valence-corrected chi connectivity index (χ4v) is 5.07. The Labute approximate surface area is 191 Å². The summed E-state index contributed by atoms with van der Waals surface area (Å²) in [6, 6.07) is 11.4. The molecule has 0 bridgehead atoms. The van der Waals surface area contributed by atoms with Crippen molar-refractivity contribution in [3.05, 3.63) is 84.3 Å². The van der Waals surface area contributed by atoms with Crippen LogP contribution in [0.3, 0.4) is 0 Å². The molecule has 3 heterocycles. The van der Waals surface area contributed by atoms with Crippen molar-refractivity contribution in [1.29, 1.82) is 0 Å². The molecule has 7 nitrogen and oxygen atoms in total. The summed E-state index contributed by atoms with van der Waals surface area (Å²) in [6.07, 6.45) is 0. The average Bonchev–Trinajstić information content (AvgIpc) is 3.35. The predicted octanol–water partition coefficient (Wildman–Crippen LogP) is 4.10. The van der Waals surface area contributed by atoms with Crippen LogP contribution in [0.15, 0.2) is 52.1 Å². The molecule has 0 aliphatic carbocycles. The van der Waals surface area contributed by atoms with Crippen LogP contribution in [0.5, 0.6) is 11.5 Å². The number of ether oxygens (including phenoxy) is 2. The van der Waals surface area contributed by atoms with Gasteiger partial charge >= 0.3 is 5.69 Å². The summed E-state index contributed by atoms with van der Waals surface area (Å²) in [5, 5.41) is 0.820. The number of fused-ring (bicyclic) bond motifs is 2. The van der Waals surface area contributed by atoms with Gasteiger partial charge in [-0.05, 0) is 55.8 Å². The standard InChI is InChI=1S/C23H17ClN2O5S/c1-12-13(2)32-22-20(12)21(28)26(16-5-3-4-15(24)9-16)23(29)25(22)10-17(27)14-6-7-18-19(8-14)31-11-30-18/h3-9H,10-11H2,1-2H3. The summed E-state index contributed by atoms with van der Waals surface area (Å²) >= 11 is 7.43. The zero-order valence-electron chi connectivity index (χ0n) is 17.2. The number of carbonyl (C=O) groups is 1. The summed E-state index contributed by atoms with van der Waals surface area (Å²) in [6.45, 7) is 3.60. The Balaban J connectivity index is 1.70. The van der Waals surface area contributed by atoms with E-state index < -0.39 is 11.2 Å². The molecule has 2 aromatic heterocycles. The molecule has 1 aliphatic rings. The number of aryl methyl sites for hydroxylation is 2. The summed E-state index contributed by atoms with van der Waals surface area (Å²) in [5.74, 6) is 0.770. The molecular formula is C23H17ClN2O5S. The monoisotopic (exact) mass is 468 g/mol. The van der Waals surface area contributed by atoms with Crippen LogP contribution in [0.2, 0.25) is 5.02 Å². The lowest BCUT2D eigenvalue weighted by atomic mass is 10.1. The molecule has 0 saturated carbocycles. The lowest BCUT2D eigenvalue weighted by Gasteiger charge is -2.12. The highest BCUT2D eigenvalue weighted by Gasteiger charge is 2.22. The molecule has 5 rings (SSSR count). The van der Waals surface area contributed by atoms with Gasteiger partial charge in [-0.2, -0.15) is 0 Å². The lowest BCUT2D eigenvalue weighted by molar-refractivity contribution is 0.0971. The molecule has 0 unspecified atom stereocenters. The van der Waals surface area contributed by atoms with Gasteiger partial charge < -0.3 is 9.47 Å². The molecule has 1 aliphatic heterocycles. The molecule has 32 heavy (non-hydrogen) atoms. The van der Waals surface area contributed by atoms with Crippen LogP contribution in [0, 0.1) is 13.8 Å². The van der Waals surface area contributed by atoms with Gasteiger partial charge in [0.1, 0.15) is 4.83 Å². The second-order valence-electron chi connectivity index (χ2n) is 7.44. The van der Waals surface area contributed by atoms with Crippen molar-refractivity contribution >= 4 is 38.9 Å². The number of thiophene rings is 1. The van der Waals surface area contributed by atoms with Gasteiger partial charge in [-0.15, -0.1) is 11.3 Å². The van der Waals surface area contributed by atoms with Crippen LogP contribution < -0.4 is 20.7 Å². The normalized spacial score (nSPS) is 12.5. The summed E-state index contributed by atoms with van der Waals surface area (Å²) in [7, 11) is 0. The molecule has 0 amide bonds. The minimum atomic E-state index is -0.597. The van der Waals surface area contributed by atoms with Gasteiger partial charge in [-0.1, -0.05) is 17.7 Å². The van der Waals surface area contributed by atoms with Gasteiger partial charge in [-0.3, -0.25) is 14.2 Å². The maximum absolute atomic E-state index is 13.5. The van der Waals surface area contributed by atoms with Crippen LogP contribution >= 0.6 is 22.9 Å². The molecule has 2 aromatic carbocycles. The minimum absolute atomic E-state index is 0.103. The number of aromatic nitrogens is 2. The number of benzene rings is 2. The van der Waals surface area contributed by atoms with Crippen molar-refractivity contribution in [2.75, 3.05) is 6.79 Å². The summed E-state index contributed by atoms with van der Waals surface area (Å²) in [5.41, 5.74) is 0.498. The molecule has 0 saturated heterocycles. The zero-order valence-corrected chi connectivity index (χ0v) is 18.7. The quantitative estimate of drug-likeness (QED) is 0.421. The van der Waals surface area contributed by atoms with E-state index in [0.717, 1.165) is 15.0 Å². The Kier molecular flexibility index (Phi) is 4.91. The molecule has 162 valence electrons. The van der Waals surface area contributed by atoms with E-state index in [4.69, 9.17) is 21.1 Å². The predicted molar refractivity (Wildman–Crippen MR) is 123 cm³/mol. The van der Waals surface area contributed by atoms with Crippen molar-refractivity contribution in [1.82, 2.24) is 9.13 Å². The molecule has 0 spiro atoms. The highest BCUT2D eigenvalue weighted by molar-refractivity contribution is 7.18. The second-order valence-corrected chi connectivity index (χ2v) is 9.08. The Morgan fingerprint density at radius 3 is 2.66 bits per heavy atom. The van der Waals surface area contributed by atoms with Crippen molar-refractivity contribution < 1.29 is 14.3 Å². The third kappa shape index (κ3) is 3.23. The third-order valence-corrected chi connectivity index (χ3v) is 6.98. The van der Waals surface area contributed by atoms with Crippen molar-refractivity contribution in [2.24, 2.45) is 0 Å². The topological polar surface area (TPSA) is 79.5 Å². The smallest absolute Gasteiger partial charge is 0.337 e. The molecule has 4 aromatic rings. The van der Waals surface area contributed by atoms with Gasteiger partial charge in [0.05, 0.1) is 17.6 Å². The molecule has 0 radical (unpaired) electrons. The van der Waals surface area contributed by atoms with E-state index >= 15 is 0 Å². The van der Waals surface area contributed by atoms with Crippen molar-refractivity contribution in [3.63, 3.8) is 0 Å². The number of hydrogen-bond acceptors (Lipinski definition) is 6. The number of ketones is 1. The highest BCUT2D eigenvalue weighted by Crippen LogP contribution is 2.33. The largest absolute Gasteiger partial charge is 0.454 e. The van der Waals surface area contributed by atoms with E-state index in [0.29, 0.717) is 38.0 Å². The van der Waals surface area contributed by atoms with Crippen LogP contribution in [0.4, 0.5) is 0 Å². The van der Waals surface area contributed by atoms with Crippen LogP contribution in [0.25, 0.3) is 15.9 Å². The molecular weight excluding hydrogens is 452 g/mol. The number of hydrogen-bond donors (Lipinski definition) is 0. The third-order valence-electron chi connectivity index (χ3n) is 5.51. The van der Waals surface area contributed by atoms with Gasteiger partial charge in [0.15, 0.2) is 17.3 Å². The Bertz CT molecular complexity index is 1530. The first kappa shape index (κ1) is 20.5. The Hall–Kier alpha value is -3.36. The van der Waals surface area contributed by atoms with Gasteiger partial charge in [-0.25, -0.2) is 9.36 Å². The number of rotatable bonds is 4. The molecule has 0 N–H and O–H groups in total. The van der Waals surface area contributed by atoms with Gasteiger partial charge in [0.2, 0.25) is 6.79 Å². The summed E-state index contributed by atoms with van der Waals surface area (Å²) in [4.78, 5) is 41.3. The highest BCUT2D eigenvalue weighted by atomic mass is 35.5. The number of halogens is 1. The number of nitrogens with zero attached hydrogens (tertiary/aromatic N) is 2. The van der Waals surface area contributed by atoms with E-state index in [-0.39, 0.29) is 19.1 Å². The Morgan fingerprint density at radius 2 is 1.88 bits per heavy atom. The van der Waals surface area contributed by atoms with Crippen molar-refractivity contribution in [3.8, 4) is 17.2 Å². The molecule has 9 heteroatoms. The zero-order chi connectivity index (χ0) is 22.6. The van der Waals surface area contributed by atoms with Crippen LogP contribution in [-0.2, 0) is 6.54 Å². The lowest BCUT2D eigenvalue weighted by Crippen LogP contribution is -2.39. The van der Waals surface area contributed by atoms with E-state index in [2.05, 4.69) is 0 Å². The maximum Gasteiger partial charge on any atom is 0.337 e. The number of carbonyl (C=O) groups excluding carboxylic acids is 1. The first-order chi connectivity index (χ1) is 15.3. The van der Waals surface area contributed by atoms with E-state index in [9.17, 15) is 14.4 Å². The second kappa shape index (κ2) is 7.65. The minimum Gasteiger partial charge on any atom is -0.454 e. The SMILES string of the molecule is Cc1sc2c(c1C)c(=O)n(-c1cccc(Cl)c1)c(=O)n2CC(=O)c1ccc2c(c1)OCO2. The maximum atomic E-state index is 13.5. The van der Waals surface area contributed by atoms with E-state index in [1.165, 1.54) is 15.9 Å². The van der Waals surface area contributed by atoms with E-state index in [1.54, 1.807) is 42.5 Å². The Morgan fingerprint density at radius 1 is 1.09 bits per heavy atom. The molecule has 0 fully saturated rings. The fraction of sp³-hybridized carbons (Fsp3) is 0.174. The first-order valence-corrected chi connectivity index (χ1v) is 11.0. The average molecular weight is 469 g/mol. The number of Topliss-reactive ketones (excluding diaryl/α,β-unsaturated/α-hetero) is 1. The van der Waals surface area contributed by atoms with E-state index in [1.807, 2.05) is 13.8 Å². The summed E-state index contributed by atoms with van der Waals surface area (Å²) < 4.78 is 13.1. The fourth-order valence-electron chi connectivity index (χ4n) is 3.74. The molecule has 0 atom stereocenters.